The standard InChI is InChI=1S/C17H23N3O2/c1-3-16(21)18-13(2)11-17(22)19-14-7-6-8-15(12-14)20-9-4-5-10-20/h3,6-8,12-13H,1,4-5,9-11H2,2H3,(H,18,21)(H,19,22)/t13-/m0/s1. The lowest BCUT2D eigenvalue weighted by molar-refractivity contribution is -0.118. The van der Waals surface area contributed by atoms with Gasteiger partial charge >= 0.3 is 0 Å². The largest absolute Gasteiger partial charge is 0.371 e. The summed E-state index contributed by atoms with van der Waals surface area (Å²) in [6, 6.07) is 7.66. The van der Waals surface area contributed by atoms with E-state index in [1.54, 1.807) is 6.92 Å². The highest BCUT2D eigenvalue weighted by atomic mass is 16.2. The third-order valence-corrected chi connectivity index (χ3v) is 3.67. The number of nitrogens with one attached hydrogen (secondary N) is 2. The maximum absolute atomic E-state index is 12.0. The molecule has 118 valence electrons. The van der Waals surface area contributed by atoms with Crippen LogP contribution in [0.25, 0.3) is 0 Å². The highest BCUT2D eigenvalue weighted by Gasteiger charge is 2.14. The highest BCUT2D eigenvalue weighted by molar-refractivity contribution is 5.92. The third kappa shape index (κ3) is 4.62. The first kappa shape index (κ1) is 16.1. The molecule has 1 aromatic carbocycles. The van der Waals surface area contributed by atoms with Gasteiger partial charge in [-0.2, -0.15) is 0 Å². The van der Waals surface area contributed by atoms with E-state index in [9.17, 15) is 9.59 Å². The van der Waals surface area contributed by atoms with E-state index in [0.29, 0.717) is 0 Å². The molecule has 2 amide bonds. The lowest BCUT2D eigenvalue weighted by atomic mass is 10.2. The van der Waals surface area contributed by atoms with E-state index in [4.69, 9.17) is 0 Å². The predicted octanol–water partition coefficient (Wildman–Crippen LogP) is 2.31. The van der Waals surface area contributed by atoms with Crippen LogP contribution in [0.4, 0.5) is 11.4 Å². The van der Waals surface area contributed by atoms with Gasteiger partial charge in [-0.1, -0.05) is 12.6 Å². The molecule has 22 heavy (non-hydrogen) atoms. The summed E-state index contributed by atoms with van der Waals surface area (Å²) in [7, 11) is 0. The molecule has 0 saturated carbocycles. The van der Waals surface area contributed by atoms with Crippen LogP contribution in [0.15, 0.2) is 36.9 Å². The molecule has 1 aliphatic rings. The molecule has 5 nitrogen and oxygen atoms in total. The van der Waals surface area contributed by atoms with Gasteiger partial charge in [-0.05, 0) is 44.0 Å². The van der Waals surface area contributed by atoms with Crippen molar-refractivity contribution in [2.45, 2.75) is 32.2 Å². The Hall–Kier alpha value is -2.30. The Kier molecular flexibility index (Phi) is 5.58. The maximum atomic E-state index is 12.0. The number of hydrogen-bond donors (Lipinski definition) is 2. The van der Waals surface area contributed by atoms with Crippen molar-refractivity contribution in [2.75, 3.05) is 23.3 Å². The Morgan fingerprint density at radius 3 is 2.77 bits per heavy atom. The molecular formula is C17H23N3O2. The van der Waals surface area contributed by atoms with Crippen LogP contribution in [0.5, 0.6) is 0 Å². The molecular weight excluding hydrogens is 278 g/mol. The number of hydrogen-bond acceptors (Lipinski definition) is 3. The summed E-state index contributed by atoms with van der Waals surface area (Å²) in [5, 5.41) is 5.56. The number of carbonyl (C=O) groups excluding carboxylic acids is 2. The Labute approximate surface area is 131 Å². The predicted molar refractivity (Wildman–Crippen MR) is 88.9 cm³/mol. The van der Waals surface area contributed by atoms with Gasteiger partial charge in [-0.25, -0.2) is 0 Å². The fourth-order valence-electron chi connectivity index (χ4n) is 2.60. The van der Waals surface area contributed by atoms with Gasteiger partial charge < -0.3 is 15.5 Å². The summed E-state index contributed by atoms with van der Waals surface area (Å²) >= 11 is 0. The first-order valence-corrected chi connectivity index (χ1v) is 7.66. The molecule has 0 spiro atoms. The number of benzene rings is 1. The minimum absolute atomic E-state index is 0.115. The van der Waals surface area contributed by atoms with Gasteiger partial charge in [0.05, 0.1) is 0 Å². The lowest BCUT2D eigenvalue weighted by Gasteiger charge is -2.18. The molecule has 5 heteroatoms. The number of carbonyl (C=O) groups is 2. The fourth-order valence-corrected chi connectivity index (χ4v) is 2.60. The summed E-state index contributed by atoms with van der Waals surface area (Å²) < 4.78 is 0. The molecule has 2 N–H and O–H groups in total. The van der Waals surface area contributed by atoms with Gasteiger partial charge in [-0.15, -0.1) is 0 Å². The number of nitrogens with zero attached hydrogens (tertiary/aromatic N) is 1. The zero-order valence-corrected chi connectivity index (χ0v) is 13.0. The molecule has 1 aromatic rings. The van der Waals surface area contributed by atoms with E-state index in [-0.39, 0.29) is 24.3 Å². The summed E-state index contributed by atoms with van der Waals surface area (Å²) in [5.41, 5.74) is 1.93. The van der Waals surface area contributed by atoms with E-state index in [2.05, 4.69) is 28.2 Å². The third-order valence-electron chi connectivity index (χ3n) is 3.67. The Bertz CT molecular complexity index is 551. The minimum Gasteiger partial charge on any atom is -0.371 e. The summed E-state index contributed by atoms with van der Waals surface area (Å²) in [6.07, 6.45) is 3.87. The Morgan fingerprint density at radius 2 is 2.09 bits per heavy atom. The van der Waals surface area contributed by atoms with Gasteiger partial charge in [0.25, 0.3) is 0 Å². The quantitative estimate of drug-likeness (QED) is 0.793. The van der Waals surface area contributed by atoms with Crippen LogP contribution in [0, 0.1) is 0 Å². The average molecular weight is 301 g/mol. The molecule has 0 unspecified atom stereocenters. The van der Waals surface area contributed by atoms with E-state index in [1.807, 2.05) is 18.2 Å². The second-order valence-corrected chi connectivity index (χ2v) is 5.61. The van der Waals surface area contributed by atoms with Crippen molar-refractivity contribution in [1.29, 1.82) is 0 Å². The smallest absolute Gasteiger partial charge is 0.243 e. The first-order chi connectivity index (χ1) is 10.6. The number of rotatable bonds is 6. The van der Waals surface area contributed by atoms with Gasteiger partial charge in [-0.3, -0.25) is 9.59 Å². The monoisotopic (exact) mass is 301 g/mol. The van der Waals surface area contributed by atoms with Crippen molar-refractivity contribution in [1.82, 2.24) is 5.32 Å². The van der Waals surface area contributed by atoms with Crippen LogP contribution in [0.3, 0.4) is 0 Å². The zero-order chi connectivity index (χ0) is 15.9. The molecule has 1 heterocycles. The summed E-state index contributed by atoms with van der Waals surface area (Å²) in [5.74, 6) is -0.383. The highest BCUT2D eigenvalue weighted by Crippen LogP contribution is 2.23. The van der Waals surface area contributed by atoms with Crippen LogP contribution in [-0.2, 0) is 9.59 Å². The second kappa shape index (κ2) is 7.64. The molecule has 0 aliphatic carbocycles. The molecule has 1 saturated heterocycles. The number of amides is 2. The van der Waals surface area contributed by atoms with E-state index in [1.165, 1.54) is 18.9 Å². The van der Waals surface area contributed by atoms with E-state index >= 15 is 0 Å². The van der Waals surface area contributed by atoms with Gasteiger partial charge in [0.15, 0.2) is 0 Å². The van der Waals surface area contributed by atoms with Crippen LogP contribution in [0.1, 0.15) is 26.2 Å². The van der Waals surface area contributed by atoms with Gasteiger partial charge in [0.2, 0.25) is 11.8 Å². The zero-order valence-electron chi connectivity index (χ0n) is 13.0. The molecule has 0 aromatic heterocycles. The Morgan fingerprint density at radius 1 is 1.36 bits per heavy atom. The van der Waals surface area contributed by atoms with Crippen molar-refractivity contribution in [2.24, 2.45) is 0 Å². The normalized spacial score (nSPS) is 15.2. The van der Waals surface area contributed by atoms with Crippen molar-refractivity contribution in [3.05, 3.63) is 36.9 Å². The van der Waals surface area contributed by atoms with Crippen LogP contribution in [0.2, 0.25) is 0 Å². The van der Waals surface area contributed by atoms with Crippen LogP contribution < -0.4 is 15.5 Å². The van der Waals surface area contributed by atoms with Crippen molar-refractivity contribution >= 4 is 23.2 Å². The summed E-state index contributed by atoms with van der Waals surface area (Å²) in [6.45, 7) is 7.33. The van der Waals surface area contributed by atoms with Crippen LogP contribution in [-0.4, -0.2) is 30.9 Å². The SMILES string of the molecule is C=CC(=O)N[C@@H](C)CC(=O)Nc1cccc(N2CCCC2)c1. The average Bonchev–Trinajstić information content (AvgIpc) is 3.01. The maximum Gasteiger partial charge on any atom is 0.243 e. The summed E-state index contributed by atoms with van der Waals surface area (Å²) in [4.78, 5) is 25.5. The molecule has 1 aliphatic heterocycles. The fraction of sp³-hybridized carbons (Fsp3) is 0.412. The minimum atomic E-state index is -0.267. The van der Waals surface area contributed by atoms with Gasteiger partial charge in [0, 0.05) is 36.9 Å². The van der Waals surface area contributed by atoms with Crippen molar-refractivity contribution in [3.8, 4) is 0 Å². The van der Waals surface area contributed by atoms with E-state index in [0.717, 1.165) is 24.5 Å². The lowest BCUT2D eigenvalue weighted by Crippen LogP contribution is -2.34. The Balaban J connectivity index is 1.89. The molecule has 0 bridgehead atoms. The molecule has 1 atom stereocenters. The topological polar surface area (TPSA) is 61.4 Å². The molecule has 1 fully saturated rings. The molecule has 2 rings (SSSR count). The van der Waals surface area contributed by atoms with Crippen LogP contribution >= 0.6 is 0 Å². The molecule has 0 radical (unpaired) electrons. The second-order valence-electron chi connectivity index (χ2n) is 5.61. The van der Waals surface area contributed by atoms with Crippen molar-refractivity contribution in [3.63, 3.8) is 0 Å². The number of anilines is 2. The van der Waals surface area contributed by atoms with Gasteiger partial charge in [0.1, 0.15) is 0 Å². The first-order valence-electron chi connectivity index (χ1n) is 7.66. The van der Waals surface area contributed by atoms with E-state index < -0.39 is 0 Å². The van der Waals surface area contributed by atoms with Crippen molar-refractivity contribution < 1.29 is 9.59 Å².